The Morgan fingerprint density at radius 3 is 3.00 bits per heavy atom. The topological polar surface area (TPSA) is 104 Å². The number of nitrogens with one attached hydrogen (secondary N) is 2. The Morgan fingerprint density at radius 1 is 1.55 bits per heavy atom. The number of carbonyl (C=O) groups excluding carboxylic acids is 2. The van der Waals surface area contributed by atoms with Gasteiger partial charge in [0.1, 0.15) is 12.3 Å². The van der Waals surface area contributed by atoms with Crippen molar-refractivity contribution >= 4 is 34.5 Å². The van der Waals surface area contributed by atoms with Crippen LogP contribution in [-0.2, 0) is 14.4 Å². The van der Waals surface area contributed by atoms with Gasteiger partial charge in [0.15, 0.2) is 10.8 Å². The molecule has 2 amide bonds. The van der Waals surface area contributed by atoms with Gasteiger partial charge < -0.3 is 10.2 Å². The minimum atomic E-state index is -0.971. The summed E-state index contributed by atoms with van der Waals surface area (Å²) in [6, 6.07) is 0. The maximum atomic E-state index is 11.2. The maximum Gasteiger partial charge on any atom is 0.294 e. The molecule has 1 aromatic heterocycles. The molecule has 1 rings (SSSR count). The van der Waals surface area contributed by atoms with Gasteiger partial charge >= 0.3 is 0 Å². The molecule has 0 saturated heterocycles. The molecule has 0 saturated carbocycles. The third-order valence-corrected chi connectivity index (χ3v) is 3.16. The Bertz CT molecular complexity index is 473. The van der Waals surface area contributed by atoms with Crippen LogP contribution in [0.25, 0.3) is 0 Å². The molecular formula is C12H17N4O3S. The van der Waals surface area contributed by atoms with Crippen molar-refractivity contribution in [3.05, 3.63) is 11.1 Å². The lowest BCUT2D eigenvalue weighted by Crippen LogP contribution is -2.17. The van der Waals surface area contributed by atoms with Crippen molar-refractivity contribution in [1.82, 2.24) is 10.7 Å². The van der Waals surface area contributed by atoms with E-state index in [-0.39, 0.29) is 11.4 Å². The van der Waals surface area contributed by atoms with Gasteiger partial charge in [0, 0.05) is 5.38 Å². The van der Waals surface area contributed by atoms with E-state index in [1.165, 1.54) is 5.38 Å². The van der Waals surface area contributed by atoms with Crippen molar-refractivity contribution in [3.8, 4) is 0 Å². The van der Waals surface area contributed by atoms with E-state index in [0.717, 1.165) is 37.0 Å². The van der Waals surface area contributed by atoms with Gasteiger partial charge in [0.2, 0.25) is 6.41 Å². The second kappa shape index (κ2) is 9.03. The number of rotatable bonds is 10. The van der Waals surface area contributed by atoms with Gasteiger partial charge in [-0.2, -0.15) is 0 Å². The molecule has 0 spiro atoms. The molecule has 0 atom stereocenters. The molecule has 1 radical (unpaired) electrons. The predicted octanol–water partition coefficient (Wildman–Crippen LogP) is 1.82. The minimum Gasteiger partial charge on any atom is -0.395 e. The van der Waals surface area contributed by atoms with Crippen LogP contribution in [0.5, 0.6) is 0 Å². The molecule has 0 aliphatic rings. The van der Waals surface area contributed by atoms with E-state index in [2.05, 4.69) is 22.4 Å². The maximum absolute atomic E-state index is 11.2. The monoisotopic (exact) mass is 297 g/mol. The third-order valence-electron chi connectivity index (χ3n) is 2.39. The molecule has 0 bridgehead atoms. The predicted molar refractivity (Wildman–Crippen MR) is 76.5 cm³/mol. The number of hydrogen-bond acceptors (Lipinski definition) is 6. The molecule has 0 aliphatic heterocycles. The van der Waals surface area contributed by atoms with Crippen molar-refractivity contribution in [2.24, 2.45) is 5.16 Å². The summed E-state index contributed by atoms with van der Waals surface area (Å²) in [6.45, 7) is 2.52. The van der Waals surface area contributed by atoms with Crippen molar-refractivity contribution in [2.75, 3.05) is 11.9 Å². The van der Waals surface area contributed by atoms with Gasteiger partial charge in [-0.05, 0) is 12.8 Å². The number of unbranched alkanes of at least 4 members (excludes halogenated alkanes) is 3. The SMILES string of the molecule is CCCCCCON=C(C([NH])=O)c1csc(NC=O)n1. The van der Waals surface area contributed by atoms with Crippen molar-refractivity contribution in [1.29, 1.82) is 0 Å². The molecule has 109 valence electrons. The fraction of sp³-hybridized carbons (Fsp3) is 0.500. The van der Waals surface area contributed by atoms with E-state index >= 15 is 0 Å². The highest BCUT2D eigenvalue weighted by atomic mass is 32.1. The largest absolute Gasteiger partial charge is 0.395 e. The first-order chi connectivity index (χ1) is 9.69. The lowest BCUT2D eigenvalue weighted by atomic mass is 10.2. The Kier molecular flexibility index (Phi) is 7.26. The molecule has 8 heteroatoms. The lowest BCUT2D eigenvalue weighted by molar-refractivity contribution is -0.112. The second-order valence-electron chi connectivity index (χ2n) is 3.96. The van der Waals surface area contributed by atoms with Crippen LogP contribution in [0.2, 0.25) is 0 Å². The van der Waals surface area contributed by atoms with Crippen LogP contribution in [0.1, 0.15) is 38.3 Å². The summed E-state index contributed by atoms with van der Waals surface area (Å²) < 4.78 is 0. The molecule has 0 unspecified atom stereocenters. The van der Waals surface area contributed by atoms with Gasteiger partial charge in [-0.3, -0.25) is 15.3 Å². The molecule has 0 aliphatic carbocycles. The summed E-state index contributed by atoms with van der Waals surface area (Å²) in [5, 5.41) is 7.92. The smallest absolute Gasteiger partial charge is 0.294 e. The van der Waals surface area contributed by atoms with Crippen molar-refractivity contribution in [3.63, 3.8) is 0 Å². The van der Waals surface area contributed by atoms with E-state index in [1.54, 1.807) is 0 Å². The van der Waals surface area contributed by atoms with Crippen LogP contribution in [0.15, 0.2) is 10.5 Å². The van der Waals surface area contributed by atoms with E-state index in [4.69, 9.17) is 10.6 Å². The average Bonchev–Trinajstić information content (AvgIpc) is 2.86. The summed E-state index contributed by atoms with van der Waals surface area (Å²) in [6.07, 6.45) is 4.65. The molecule has 1 aromatic rings. The second-order valence-corrected chi connectivity index (χ2v) is 4.82. The summed E-state index contributed by atoms with van der Waals surface area (Å²) in [5.41, 5.74) is 7.23. The van der Waals surface area contributed by atoms with Crippen molar-refractivity contribution < 1.29 is 14.4 Å². The lowest BCUT2D eigenvalue weighted by Gasteiger charge is -2.01. The quantitative estimate of drug-likeness (QED) is 0.308. The third kappa shape index (κ3) is 5.35. The number of hydrogen-bond donors (Lipinski definition) is 1. The van der Waals surface area contributed by atoms with E-state index in [1.807, 2.05) is 0 Å². The fourth-order valence-corrected chi connectivity index (χ4v) is 2.06. The van der Waals surface area contributed by atoms with E-state index in [9.17, 15) is 9.59 Å². The summed E-state index contributed by atoms with van der Waals surface area (Å²) in [4.78, 5) is 30.5. The Labute approximate surface area is 121 Å². The van der Waals surface area contributed by atoms with Gasteiger partial charge in [-0.1, -0.05) is 24.9 Å². The van der Waals surface area contributed by atoms with Crippen LogP contribution >= 0.6 is 11.3 Å². The van der Waals surface area contributed by atoms with Gasteiger partial charge in [-0.25, -0.2) is 4.98 Å². The minimum absolute atomic E-state index is 0.157. The van der Waals surface area contributed by atoms with Gasteiger partial charge in [-0.15, -0.1) is 11.3 Å². The highest BCUT2D eigenvalue weighted by Gasteiger charge is 2.16. The van der Waals surface area contributed by atoms with E-state index in [0.29, 0.717) is 18.1 Å². The highest BCUT2D eigenvalue weighted by Crippen LogP contribution is 2.15. The molecule has 7 nitrogen and oxygen atoms in total. The van der Waals surface area contributed by atoms with Gasteiger partial charge in [0.25, 0.3) is 5.91 Å². The summed E-state index contributed by atoms with van der Waals surface area (Å²) >= 11 is 1.14. The zero-order valence-corrected chi connectivity index (χ0v) is 12.0. The van der Waals surface area contributed by atoms with Crippen LogP contribution in [-0.4, -0.2) is 29.6 Å². The molecule has 0 aromatic carbocycles. The van der Waals surface area contributed by atoms with Gasteiger partial charge in [0.05, 0.1) is 0 Å². The zero-order valence-electron chi connectivity index (χ0n) is 11.2. The molecule has 0 fully saturated rings. The Hall–Kier alpha value is -1.96. The number of thiazole rings is 1. The Morgan fingerprint density at radius 2 is 2.35 bits per heavy atom. The van der Waals surface area contributed by atoms with Crippen LogP contribution < -0.4 is 11.1 Å². The molecular weight excluding hydrogens is 280 g/mol. The Balaban J connectivity index is 2.58. The number of oxime groups is 1. The van der Waals surface area contributed by atoms with E-state index < -0.39 is 5.91 Å². The first-order valence-electron chi connectivity index (χ1n) is 6.31. The van der Waals surface area contributed by atoms with Crippen LogP contribution in [0.3, 0.4) is 0 Å². The number of anilines is 1. The average molecular weight is 297 g/mol. The highest BCUT2D eigenvalue weighted by molar-refractivity contribution is 7.14. The first-order valence-corrected chi connectivity index (χ1v) is 7.19. The standard InChI is InChI=1S/C12H17N4O3S/c1-2-3-4-5-6-19-16-10(11(13)18)9-7-20-12(15-9)14-8-17/h7-8,13H,2-6H2,1H3,(H,14,15,17). The normalized spacial score (nSPS) is 11.2. The van der Waals surface area contributed by atoms with Crippen molar-refractivity contribution in [2.45, 2.75) is 32.6 Å². The number of amides is 2. The first kappa shape index (κ1) is 16.1. The summed E-state index contributed by atoms with van der Waals surface area (Å²) in [7, 11) is 0. The van der Waals surface area contributed by atoms with Crippen LogP contribution in [0.4, 0.5) is 5.13 Å². The summed E-state index contributed by atoms with van der Waals surface area (Å²) in [5.74, 6) is -0.971. The fourth-order valence-electron chi connectivity index (χ4n) is 1.41. The molecule has 20 heavy (non-hydrogen) atoms. The number of nitrogens with zero attached hydrogens (tertiary/aromatic N) is 2. The number of aromatic nitrogens is 1. The number of carbonyl (C=O) groups is 2. The zero-order chi connectivity index (χ0) is 14.8. The molecule has 2 N–H and O–H groups in total. The van der Waals surface area contributed by atoms with Crippen LogP contribution in [0, 0.1) is 0 Å². The molecule has 1 heterocycles.